The molecule has 1 rings (SSSR count). The molecule has 2 N–H and O–H groups in total. The fraction of sp³-hybridized carbons (Fsp3) is 0.909. The van der Waals surface area contributed by atoms with E-state index in [9.17, 15) is 4.79 Å². The van der Waals surface area contributed by atoms with Crippen LogP contribution in [0.15, 0.2) is 0 Å². The van der Waals surface area contributed by atoms with E-state index in [0.717, 1.165) is 25.9 Å². The third-order valence-electron chi connectivity index (χ3n) is 2.94. The van der Waals surface area contributed by atoms with Gasteiger partial charge in [0, 0.05) is 13.1 Å². The molecule has 4 nitrogen and oxygen atoms in total. The topological polar surface area (TPSA) is 55.6 Å². The third kappa shape index (κ3) is 3.80. The zero-order valence-electron chi connectivity index (χ0n) is 9.90. The second-order valence-corrected chi connectivity index (χ2v) is 4.71. The van der Waals surface area contributed by atoms with E-state index >= 15 is 0 Å². The Morgan fingerprint density at radius 3 is 2.40 bits per heavy atom. The van der Waals surface area contributed by atoms with E-state index < -0.39 is 6.04 Å². The van der Waals surface area contributed by atoms with E-state index in [0.29, 0.717) is 0 Å². The van der Waals surface area contributed by atoms with Gasteiger partial charge in [-0.3, -0.25) is 4.79 Å². The van der Waals surface area contributed by atoms with Gasteiger partial charge in [-0.05, 0) is 25.8 Å². The lowest BCUT2D eigenvalue weighted by atomic mass is 10.1. The summed E-state index contributed by atoms with van der Waals surface area (Å²) in [5.74, 6) is -0.108. The van der Waals surface area contributed by atoms with Crippen LogP contribution in [0.3, 0.4) is 0 Å². The maximum Gasteiger partial charge on any atom is 0.323 e. The van der Waals surface area contributed by atoms with E-state index in [4.69, 9.17) is 10.5 Å². The van der Waals surface area contributed by atoms with Crippen LogP contribution in [0.1, 0.15) is 26.7 Å². The molecule has 1 fully saturated rings. The van der Waals surface area contributed by atoms with Gasteiger partial charge in [-0.25, -0.2) is 0 Å². The molecule has 0 aliphatic carbocycles. The van der Waals surface area contributed by atoms with Crippen molar-refractivity contribution in [3.05, 3.63) is 0 Å². The van der Waals surface area contributed by atoms with Crippen molar-refractivity contribution >= 4 is 5.97 Å². The Morgan fingerprint density at radius 1 is 1.40 bits per heavy atom. The molecule has 15 heavy (non-hydrogen) atoms. The first-order valence-corrected chi connectivity index (χ1v) is 5.65. The van der Waals surface area contributed by atoms with Crippen LogP contribution in [0, 0.1) is 5.92 Å². The summed E-state index contributed by atoms with van der Waals surface area (Å²) >= 11 is 0. The van der Waals surface area contributed by atoms with Crippen LogP contribution in [0.5, 0.6) is 0 Å². The Hall–Kier alpha value is -0.610. The Bertz CT molecular complexity index is 211. The highest BCUT2D eigenvalue weighted by Gasteiger charge is 2.24. The zero-order chi connectivity index (χ0) is 11.4. The van der Waals surface area contributed by atoms with Crippen molar-refractivity contribution in [2.45, 2.75) is 38.8 Å². The summed E-state index contributed by atoms with van der Waals surface area (Å²) in [7, 11) is 2.08. The summed E-state index contributed by atoms with van der Waals surface area (Å²) in [5, 5.41) is 0. The van der Waals surface area contributed by atoms with E-state index in [1.54, 1.807) is 0 Å². The van der Waals surface area contributed by atoms with Crippen LogP contribution in [0.4, 0.5) is 0 Å². The van der Waals surface area contributed by atoms with Crippen molar-refractivity contribution in [2.24, 2.45) is 11.7 Å². The predicted molar refractivity (Wildman–Crippen MR) is 59.4 cm³/mol. The average Bonchev–Trinajstić information content (AvgIpc) is 2.20. The number of carbonyl (C=O) groups excluding carboxylic acids is 1. The van der Waals surface area contributed by atoms with Gasteiger partial charge in [0.1, 0.15) is 12.1 Å². The standard InChI is InChI=1S/C11H22N2O2/c1-8(2)10(12)11(14)15-9-4-6-13(3)7-5-9/h8-10H,4-7,12H2,1-3H3. The van der Waals surface area contributed by atoms with Crippen LogP contribution in [0.25, 0.3) is 0 Å². The van der Waals surface area contributed by atoms with Gasteiger partial charge in [0.25, 0.3) is 0 Å². The van der Waals surface area contributed by atoms with Crippen LogP contribution >= 0.6 is 0 Å². The zero-order valence-corrected chi connectivity index (χ0v) is 9.90. The first-order chi connectivity index (χ1) is 7.00. The molecule has 0 aromatic heterocycles. The number of likely N-dealkylation sites (tertiary alicyclic amines) is 1. The molecule has 1 unspecified atom stereocenters. The Balaban J connectivity index is 2.32. The van der Waals surface area contributed by atoms with Gasteiger partial charge in [-0.15, -0.1) is 0 Å². The third-order valence-corrected chi connectivity index (χ3v) is 2.94. The van der Waals surface area contributed by atoms with Crippen molar-refractivity contribution in [3.8, 4) is 0 Å². The minimum atomic E-state index is -0.482. The van der Waals surface area contributed by atoms with Crippen LogP contribution < -0.4 is 5.73 Å². The number of esters is 1. The van der Waals surface area contributed by atoms with E-state index in [2.05, 4.69) is 11.9 Å². The normalized spacial score (nSPS) is 21.7. The summed E-state index contributed by atoms with van der Waals surface area (Å²) in [5.41, 5.74) is 5.72. The quantitative estimate of drug-likeness (QED) is 0.699. The molecule has 1 atom stereocenters. The molecule has 0 bridgehead atoms. The Labute approximate surface area is 91.8 Å². The molecule has 1 aliphatic heterocycles. The molecular weight excluding hydrogens is 192 g/mol. The van der Waals surface area contributed by atoms with Gasteiger partial charge in [-0.1, -0.05) is 13.8 Å². The molecule has 0 spiro atoms. The molecule has 4 heteroatoms. The van der Waals surface area contributed by atoms with Gasteiger partial charge < -0.3 is 15.4 Å². The minimum absolute atomic E-state index is 0.0681. The molecule has 0 aromatic rings. The summed E-state index contributed by atoms with van der Waals surface area (Å²) in [6.45, 7) is 5.85. The molecular formula is C11H22N2O2. The Morgan fingerprint density at radius 2 is 1.93 bits per heavy atom. The summed E-state index contributed by atoms with van der Waals surface area (Å²) in [6, 6.07) is -0.482. The van der Waals surface area contributed by atoms with Gasteiger partial charge in [0.15, 0.2) is 0 Å². The smallest absolute Gasteiger partial charge is 0.323 e. The molecule has 0 aromatic carbocycles. The predicted octanol–water partition coefficient (Wildman–Crippen LogP) is 0.607. The molecule has 1 saturated heterocycles. The molecule has 0 radical (unpaired) electrons. The number of hydrogen-bond acceptors (Lipinski definition) is 4. The molecule has 0 amide bonds. The number of hydrogen-bond donors (Lipinski definition) is 1. The van der Waals surface area contributed by atoms with Gasteiger partial charge >= 0.3 is 5.97 Å². The van der Waals surface area contributed by atoms with Crippen molar-refractivity contribution in [2.75, 3.05) is 20.1 Å². The second-order valence-electron chi connectivity index (χ2n) is 4.71. The molecule has 0 saturated carbocycles. The lowest BCUT2D eigenvalue weighted by Crippen LogP contribution is -2.42. The summed E-state index contributed by atoms with van der Waals surface area (Å²) in [6.07, 6.45) is 1.92. The minimum Gasteiger partial charge on any atom is -0.461 e. The summed E-state index contributed by atoms with van der Waals surface area (Å²) < 4.78 is 5.37. The summed E-state index contributed by atoms with van der Waals surface area (Å²) in [4.78, 5) is 13.8. The number of rotatable bonds is 3. The first-order valence-electron chi connectivity index (χ1n) is 5.65. The SMILES string of the molecule is CC(C)C(N)C(=O)OC1CCN(C)CC1. The maximum atomic E-state index is 11.6. The number of nitrogens with zero attached hydrogens (tertiary/aromatic N) is 1. The number of nitrogens with two attached hydrogens (primary N) is 1. The highest BCUT2D eigenvalue weighted by atomic mass is 16.5. The van der Waals surface area contributed by atoms with Gasteiger partial charge in [0.2, 0.25) is 0 Å². The highest BCUT2D eigenvalue weighted by molar-refractivity contribution is 5.75. The largest absolute Gasteiger partial charge is 0.461 e. The fourth-order valence-corrected chi connectivity index (χ4v) is 1.62. The Kier molecular flexibility index (Phi) is 4.54. The lowest BCUT2D eigenvalue weighted by molar-refractivity contribution is -0.153. The van der Waals surface area contributed by atoms with Crippen molar-refractivity contribution < 1.29 is 9.53 Å². The fourth-order valence-electron chi connectivity index (χ4n) is 1.62. The monoisotopic (exact) mass is 214 g/mol. The number of piperidine rings is 1. The van der Waals surface area contributed by atoms with Crippen LogP contribution in [-0.2, 0) is 9.53 Å². The second kappa shape index (κ2) is 5.47. The lowest BCUT2D eigenvalue weighted by Gasteiger charge is -2.29. The number of carbonyl (C=O) groups is 1. The first kappa shape index (κ1) is 12.5. The van der Waals surface area contributed by atoms with Crippen molar-refractivity contribution in [1.29, 1.82) is 0 Å². The highest BCUT2D eigenvalue weighted by Crippen LogP contribution is 2.13. The van der Waals surface area contributed by atoms with Crippen LogP contribution in [-0.4, -0.2) is 43.2 Å². The average molecular weight is 214 g/mol. The van der Waals surface area contributed by atoms with Gasteiger partial charge in [0.05, 0.1) is 0 Å². The van der Waals surface area contributed by atoms with Gasteiger partial charge in [-0.2, -0.15) is 0 Å². The van der Waals surface area contributed by atoms with E-state index in [1.165, 1.54) is 0 Å². The van der Waals surface area contributed by atoms with Crippen LogP contribution in [0.2, 0.25) is 0 Å². The number of ether oxygens (including phenoxy) is 1. The molecule has 1 aliphatic rings. The van der Waals surface area contributed by atoms with E-state index in [-0.39, 0.29) is 18.0 Å². The van der Waals surface area contributed by atoms with Crippen molar-refractivity contribution in [3.63, 3.8) is 0 Å². The molecule has 1 heterocycles. The van der Waals surface area contributed by atoms with Crippen molar-refractivity contribution in [1.82, 2.24) is 4.90 Å². The van der Waals surface area contributed by atoms with E-state index in [1.807, 2.05) is 13.8 Å². The molecule has 88 valence electrons. The maximum absolute atomic E-state index is 11.6.